The Labute approximate surface area is 89.4 Å². The van der Waals surface area contributed by atoms with Crippen LogP contribution in [0.2, 0.25) is 0 Å². The minimum absolute atomic E-state index is 0.377. The van der Waals surface area contributed by atoms with E-state index in [-0.39, 0.29) is 0 Å². The fraction of sp³-hybridized carbons (Fsp3) is 1.00. The van der Waals surface area contributed by atoms with Crippen molar-refractivity contribution in [2.24, 2.45) is 5.92 Å². The van der Waals surface area contributed by atoms with Gasteiger partial charge < -0.3 is 10.1 Å². The minimum Gasteiger partial charge on any atom is -0.382 e. The van der Waals surface area contributed by atoms with Gasteiger partial charge in [0.25, 0.3) is 0 Å². The summed E-state index contributed by atoms with van der Waals surface area (Å²) >= 11 is 0. The van der Waals surface area contributed by atoms with Gasteiger partial charge in [-0.25, -0.2) is 0 Å². The van der Waals surface area contributed by atoms with Crippen LogP contribution in [0.4, 0.5) is 0 Å². The highest BCUT2D eigenvalue weighted by atomic mass is 16.5. The number of rotatable bonds is 8. The molecule has 3 unspecified atom stereocenters. The Kier molecular flexibility index (Phi) is 8.20. The standard InChI is InChI=1S/C12H27NO/c1-6-8-13-12(7-2)10(3)9-11(4)14-5/h10-13H,6-9H2,1-5H3. The topological polar surface area (TPSA) is 21.3 Å². The number of hydrogen-bond acceptors (Lipinski definition) is 2. The molecule has 0 spiro atoms. The molecule has 0 aliphatic carbocycles. The molecule has 0 rings (SSSR count). The van der Waals surface area contributed by atoms with Gasteiger partial charge in [0.1, 0.15) is 0 Å². The van der Waals surface area contributed by atoms with Crippen molar-refractivity contribution in [2.75, 3.05) is 13.7 Å². The van der Waals surface area contributed by atoms with Crippen LogP contribution in [-0.2, 0) is 4.74 Å². The number of methoxy groups -OCH3 is 1. The summed E-state index contributed by atoms with van der Waals surface area (Å²) in [6.07, 6.45) is 3.94. The van der Waals surface area contributed by atoms with E-state index in [4.69, 9.17) is 4.74 Å². The summed E-state index contributed by atoms with van der Waals surface area (Å²) in [5, 5.41) is 3.59. The van der Waals surface area contributed by atoms with Crippen LogP contribution in [0.15, 0.2) is 0 Å². The van der Waals surface area contributed by atoms with Crippen LogP contribution in [0.25, 0.3) is 0 Å². The SMILES string of the molecule is CCCNC(CC)C(C)CC(C)OC. The summed E-state index contributed by atoms with van der Waals surface area (Å²) in [5.74, 6) is 0.696. The Balaban J connectivity index is 3.83. The van der Waals surface area contributed by atoms with Gasteiger partial charge in [-0.15, -0.1) is 0 Å². The Morgan fingerprint density at radius 2 is 1.86 bits per heavy atom. The maximum absolute atomic E-state index is 5.29. The first-order valence-corrected chi connectivity index (χ1v) is 5.91. The van der Waals surface area contributed by atoms with Crippen molar-refractivity contribution in [1.29, 1.82) is 0 Å². The Hall–Kier alpha value is -0.0800. The van der Waals surface area contributed by atoms with Crippen molar-refractivity contribution in [3.8, 4) is 0 Å². The van der Waals surface area contributed by atoms with E-state index in [2.05, 4.69) is 33.0 Å². The quantitative estimate of drug-likeness (QED) is 0.652. The third-order valence-corrected chi connectivity index (χ3v) is 2.89. The number of hydrogen-bond donors (Lipinski definition) is 1. The van der Waals surface area contributed by atoms with Gasteiger partial charge in [0.15, 0.2) is 0 Å². The highest BCUT2D eigenvalue weighted by Gasteiger charge is 2.16. The zero-order valence-electron chi connectivity index (χ0n) is 10.5. The maximum atomic E-state index is 5.29. The molecule has 1 N–H and O–H groups in total. The van der Waals surface area contributed by atoms with Crippen molar-refractivity contribution in [1.82, 2.24) is 5.32 Å². The van der Waals surface area contributed by atoms with Gasteiger partial charge >= 0.3 is 0 Å². The first-order valence-electron chi connectivity index (χ1n) is 5.91. The molecule has 0 bridgehead atoms. The summed E-state index contributed by atoms with van der Waals surface area (Å²) < 4.78 is 5.29. The van der Waals surface area contributed by atoms with E-state index in [9.17, 15) is 0 Å². The Morgan fingerprint density at radius 3 is 2.29 bits per heavy atom. The normalized spacial score (nSPS) is 17.8. The highest BCUT2D eigenvalue weighted by molar-refractivity contribution is 4.73. The predicted octanol–water partition coefficient (Wildman–Crippen LogP) is 2.83. The molecule has 0 saturated carbocycles. The summed E-state index contributed by atoms with van der Waals surface area (Å²) in [6.45, 7) is 10.0. The van der Waals surface area contributed by atoms with Crippen molar-refractivity contribution >= 4 is 0 Å². The van der Waals surface area contributed by atoms with Crippen LogP contribution in [0, 0.1) is 5.92 Å². The maximum Gasteiger partial charge on any atom is 0.0546 e. The molecule has 2 heteroatoms. The number of ether oxygens (including phenoxy) is 1. The van der Waals surface area contributed by atoms with Crippen molar-refractivity contribution in [2.45, 2.75) is 59.1 Å². The molecule has 2 nitrogen and oxygen atoms in total. The molecule has 0 aliphatic heterocycles. The lowest BCUT2D eigenvalue weighted by molar-refractivity contribution is 0.0904. The lowest BCUT2D eigenvalue weighted by Gasteiger charge is -2.26. The molecule has 0 aliphatic rings. The summed E-state index contributed by atoms with van der Waals surface area (Å²) in [7, 11) is 1.79. The van der Waals surface area contributed by atoms with E-state index in [1.54, 1.807) is 7.11 Å². The summed E-state index contributed by atoms with van der Waals surface area (Å²) in [6, 6.07) is 0.646. The molecule has 14 heavy (non-hydrogen) atoms. The zero-order chi connectivity index (χ0) is 11.0. The lowest BCUT2D eigenvalue weighted by Crippen LogP contribution is -2.36. The summed E-state index contributed by atoms with van der Waals surface area (Å²) in [4.78, 5) is 0. The van der Waals surface area contributed by atoms with Gasteiger partial charge in [-0.05, 0) is 38.6 Å². The summed E-state index contributed by atoms with van der Waals surface area (Å²) in [5.41, 5.74) is 0. The second kappa shape index (κ2) is 8.25. The van der Waals surface area contributed by atoms with E-state index >= 15 is 0 Å². The van der Waals surface area contributed by atoms with Crippen LogP contribution in [0.5, 0.6) is 0 Å². The molecule has 0 aromatic rings. The average molecular weight is 201 g/mol. The molecule has 0 heterocycles. The van der Waals surface area contributed by atoms with Crippen molar-refractivity contribution in [3.63, 3.8) is 0 Å². The second-order valence-electron chi connectivity index (χ2n) is 4.23. The zero-order valence-corrected chi connectivity index (χ0v) is 10.5. The van der Waals surface area contributed by atoms with E-state index in [1.165, 1.54) is 12.8 Å². The van der Waals surface area contributed by atoms with Gasteiger partial charge in [-0.2, -0.15) is 0 Å². The van der Waals surface area contributed by atoms with Crippen LogP contribution >= 0.6 is 0 Å². The van der Waals surface area contributed by atoms with Gasteiger partial charge in [0.05, 0.1) is 6.10 Å². The van der Waals surface area contributed by atoms with Crippen LogP contribution in [-0.4, -0.2) is 25.8 Å². The Morgan fingerprint density at radius 1 is 1.21 bits per heavy atom. The first kappa shape index (κ1) is 13.9. The molecule has 0 aromatic carbocycles. The van der Waals surface area contributed by atoms with E-state index < -0.39 is 0 Å². The molecule has 0 saturated heterocycles. The Bertz CT molecular complexity index is 127. The fourth-order valence-corrected chi connectivity index (χ4v) is 1.86. The first-order chi connectivity index (χ1) is 6.65. The van der Waals surface area contributed by atoms with Gasteiger partial charge in [0, 0.05) is 13.2 Å². The van der Waals surface area contributed by atoms with E-state index in [0.29, 0.717) is 18.1 Å². The average Bonchev–Trinajstić information content (AvgIpc) is 2.18. The molecule has 0 amide bonds. The van der Waals surface area contributed by atoms with E-state index in [0.717, 1.165) is 13.0 Å². The molecule has 0 fully saturated rings. The fourth-order valence-electron chi connectivity index (χ4n) is 1.86. The molecule has 86 valence electrons. The van der Waals surface area contributed by atoms with Crippen LogP contribution < -0.4 is 5.32 Å². The third kappa shape index (κ3) is 5.61. The predicted molar refractivity (Wildman–Crippen MR) is 62.6 cm³/mol. The molecule has 0 aromatic heterocycles. The van der Waals surface area contributed by atoms with E-state index in [1.807, 2.05) is 0 Å². The van der Waals surface area contributed by atoms with Crippen LogP contribution in [0.1, 0.15) is 47.0 Å². The largest absolute Gasteiger partial charge is 0.382 e. The van der Waals surface area contributed by atoms with Gasteiger partial charge in [-0.3, -0.25) is 0 Å². The minimum atomic E-state index is 0.377. The van der Waals surface area contributed by atoms with Gasteiger partial charge in [0.2, 0.25) is 0 Å². The smallest absolute Gasteiger partial charge is 0.0546 e. The highest BCUT2D eigenvalue weighted by Crippen LogP contribution is 2.15. The lowest BCUT2D eigenvalue weighted by atomic mass is 9.94. The molecular formula is C12H27NO. The van der Waals surface area contributed by atoms with Gasteiger partial charge in [-0.1, -0.05) is 20.8 Å². The third-order valence-electron chi connectivity index (χ3n) is 2.89. The monoisotopic (exact) mass is 201 g/mol. The van der Waals surface area contributed by atoms with Crippen molar-refractivity contribution in [3.05, 3.63) is 0 Å². The molecule has 0 radical (unpaired) electrons. The molecular weight excluding hydrogens is 174 g/mol. The van der Waals surface area contributed by atoms with Crippen molar-refractivity contribution < 1.29 is 4.74 Å². The second-order valence-corrected chi connectivity index (χ2v) is 4.23. The van der Waals surface area contributed by atoms with Crippen LogP contribution in [0.3, 0.4) is 0 Å². The molecule has 3 atom stereocenters. The number of nitrogens with one attached hydrogen (secondary N) is 1.